The van der Waals surface area contributed by atoms with Gasteiger partial charge in [0, 0.05) is 0 Å². The van der Waals surface area contributed by atoms with Gasteiger partial charge in [0.2, 0.25) is 6.41 Å². The predicted molar refractivity (Wildman–Crippen MR) is 66.1 cm³/mol. The van der Waals surface area contributed by atoms with Crippen molar-refractivity contribution in [3.8, 4) is 0 Å². The van der Waals surface area contributed by atoms with Gasteiger partial charge in [0.05, 0.1) is 13.7 Å². The molecule has 0 aliphatic carbocycles. The normalized spacial score (nSPS) is 11.4. The molecule has 1 unspecified atom stereocenters. The van der Waals surface area contributed by atoms with Crippen LogP contribution >= 0.6 is 0 Å². The number of carbonyl (C=O) groups is 3. The van der Waals surface area contributed by atoms with Gasteiger partial charge < -0.3 is 14.8 Å². The summed E-state index contributed by atoms with van der Waals surface area (Å²) in [4.78, 5) is 33.3. The first kappa shape index (κ1) is 14.8. The third kappa shape index (κ3) is 4.89. The highest BCUT2D eigenvalue weighted by Crippen LogP contribution is 2.01. The second-order valence-electron chi connectivity index (χ2n) is 3.69. The van der Waals surface area contributed by atoms with Gasteiger partial charge in [0.1, 0.15) is 6.61 Å². The van der Waals surface area contributed by atoms with Gasteiger partial charge in [-0.1, -0.05) is 30.3 Å². The lowest BCUT2D eigenvalue weighted by Crippen LogP contribution is -2.45. The highest BCUT2D eigenvalue weighted by Gasteiger charge is 2.26. The van der Waals surface area contributed by atoms with E-state index in [1.165, 1.54) is 0 Å². The van der Waals surface area contributed by atoms with Crippen LogP contribution in [0.2, 0.25) is 0 Å². The Morgan fingerprint density at radius 3 is 2.58 bits per heavy atom. The lowest BCUT2D eigenvalue weighted by Gasteiger charge is -2.12. The summed E-state index contributed by atoms with van der Waals surface area (Å²) in [6.45, 7) is -0.0307. The van der Waals surface area contributed by atoms with Crippen molar-refractivity contribution in [3.63, 3.8) is 0 Å². The van der Waals surface area contributed by atoms with E-state index in [0.717, 1.165) is 12.7 Å². The quantitative estimate of drug-likeness (QED) is 0.408. The van der Waals surface area contributed by atoms with Crippen molar-refractivity contribution in [1.82, 2.24) is 5.32 Å². The van der Waals surface area contributed by atoms with E-state index < -0.39 is 17.8 Å². The number of rotatable bonds is 8. The Bertz CT molecular complexity index is 432. The van der Waals surface area contributed by atoms with Crippen LogP contribution in [-0.2, 0) is 30.5 Å². The van der Waals surface area contributed by atoms with Gasteiger partial charge in [-0.05, 0) is 5.56 Å². The van der Waals surface area contributed by atoms with Crippen molar-refractivity contribution in [3.05, 3.63) is 35.9 Å². The van der Waals surface area contributed by atoms with Crippen LogP contribution in [0.3, 0.4) is 0 Å². The first-order valence-electron chi connectivity index (χ1n) is 5.61. The third-order valence-electron chi connectivity index (χ3n) is 2.35. The summed E-state index contributed by atoms with van der Waals surface area (Å²) in [6.07, 6.45) is 0.274. The maximum absolute atomic E-state index is 11.7. The van der Waals surface area contributed by atoms with Gasteiger partial charge in [0.15, 0.2) is 11.8 Å². The molecule has 102 valence electrons. The molecule has 0 aliphatic rings. The molecular formula is C13H15NO5. The number of amides is 1. The Balaban J connectivity index is 2.44. The minimum Gasteiger partial charge on any atom is -0.467 e. The van der Waals surface area contributed by atoms with Crippen molar-refractivity contribution in [2.24, 2.45) is 0 Å². The summed E-state index contributed by atoms with van der Waals surface area (Å²) in [7, 11) is 1.14. The molecule has 6 heteroatoms. The number of hydrogen-bond acceptors (Lipinski definition) is 5. The van der Waals surface area contributed by atoms with E-state index in [1.54, 1.807) is 0 Å². The second kappa shape index (κ2) is 7.99. The molecule has 0 aromatic heterocycles. The highest BCUT2D eigenvalue weighted by molar-refractivity contribution is 6.04. The van der Waals surface area contributed by atoms with Crippen LogP contribution in [0.4, 0.5) is 0 Å². The minimum absolute atomic E-state index is 0.252. The van der Waals surface area contributed by atoms with E-state index in [9.17, 15) is 14.4 Å². The topological polar surface area (TPSA) is 81.7 Å². The van der Waals surface area contributed by atoms with E-state index >= 15 is 0 Å². The Kier molecular flexibility index (Phi) is 6.25. The van der Waals surface area contributed by atoms with Crippen molar-refractivity contribution in [2.45, 2.75) is 12.6 Å². The van der Waals surface area contributed by atoms with Crippen LogP contribution in [0.15, 0.2) is 30.3 Å². The van der Waals surface area contributed by atoms with Gasteiger partial charge in [-0.25, -0.2) is 4.79 Å². The molecule has 1 aromatic carbocycles. The zero-order valence-electron chi connectivity index (χ0n) is 10.5. The summed E-state index contributed by atoms with van der Waals surface area (Å²) in [5.41, 5.74) is 0.910. The van der Waals surface area contributed by atoms with E-state index in [1.807, 2.05) is 30.3 Å². The van der Waals surface area contributed by atoms with Gasteiger partial charge in [0.25, 0.3) is 0 Å². The molecule has 0 fully saturated rings. The molecule has 0 aliphatic heterocycles. The number of benzene rings is 1. The predicted octanol–water partition coefficient (Wildman–Crippen LogP) is 0.0599. The first-order chi connectivity index (χ1) is 9.19. The summed E-state index contributed by atoms with van der Waals surface area (Å²) in [5, 5.41) is 2.10. The number of ketones is 1. The smallest absolute Gasteiger partial charge is 0.336 e. The molecule has 0 heterocycles. The second-order valence-corrected chi connectivity index (χ2v) is 3.69. The van der Waals surface area contributed by atoms with Gasteiger partial charge in [-0.15, -0.1) is 0 Å². The summed E-state index contributed by atoms with van der Waals surface area (Å²) in [5.74, 6) is -1.38. The van der Waals surface area contributed by atoms with Crippen molar-refractivity contribution in [1.29, 1.82) is 0 Å². The molecule has 1 atom stereocenters. The molecular weight excluding hydrogens is 250 g/mol. The van der Waals surface area contributed by atoms with Gasteiger partial charge in [-0.2, -0.15) is 0 Å². The zero-order valence-corrected chi connectivity index (χ0v) is 10.5. The van der Waals surface area contributed by atoms with Crippen LogP contribution in [0.1, 0.15) is 5.56 Å². The number of hydrogen-bond donors (Lipinski definition) is 1. The summed E-state index contributed by atoms with van der Waals surface area (Å²) in [6, 6.07) is 7.96. The molecule has 0 spiro atoms. The standard InChI is InChI=1S/C13H15NO5/c1-18-13(17)12(14-9-15)11(16)8-19-7-10-5-3-2-4-6-10/h2-6,9,12H,7-8H2,1H3,(H,14,15). The highest BCUT2D eigenvalue weighted by atomic mass is 16.5. The van der Waals surface area contributed by atoms with Crippen molar-refractivity contribution >= 4 is 18.2 Å². The van der Waals surface area contributed by atoms with Crippen molar-refractivity contribution in [2.75, 3.05) is 13.7 Å². The number of ether oxygens (including phenoxy) is 2. The third-order valence-corrected chi connectivity index (χ3v) is 2.35. The maximum atomic E-state index is 11.7. The van der Waals surface area contributed by atoms with E-state index in [-0.39, 0.29) is 19.6 Å². The van der Waals surface area contributed by atoms with Crippen LogP contribution in [0.5, 0.6) is 0 Å². The molecule has 0 saturated heterocycles. The lowest BCUT2D eigenvalue weighted by atomic mass is 10.2. The number of nitrogens with one attached hydrogen (secondary N) is 1. The molecule has 1 N–H and O–H groups in total. The van der Waals surface area contributed by atoms with Gasteiger partial charge in [-0.3, -0.25) is 9.59 Å². The van der Waals surface area contributed by atoms with Crippen LogP contribution in [0.25, 0.3) is 0 Å². The zero-order chi connectivity index (χ0) is 14.1. The van der Waals surface area contributed by atoms with E-state index in [2.05, 4.69) is 10.1 Å². The monoisotopic (exact) mass is 265 g/mol. The Morgan fingerprint density at radius 2 is 2.00 bits per heavy atom. The average Bonchev–Trinajstić information content (AvgIpc) is 2.45. The van der Waals surface area contributed by atoms with E-state index in [4.69, 9.17) is 4.74 Å². The Hall–Kier alpha value is -2.21. The molecule has 0 saturated carbocycles. The number of carbonyl (C=O) groups excluding carboxylic acids is 3. The summed E-state index contributed by atoms with van der Waals surface area (Å²) >= 11 is 0. The molecule has 0 radical (unpaired) electrons. The fraction of sp³-hybridized carbons (Fsp3) is 0.308. The Labute approximate surface area is 110 Å². The fourth-order valence-electron chi connectivity index (χ4n) is 1.41. The molecule has 1 rings (SSSR count). The first-order valence-corrected chi connectivity index (χ1v) is 5.61. The molecule has 1 amide bonds. The van der Waals surface area contributed by atoms with E-state index in [0.29, 0.717) is 0 Å². The largest absolute Gasteiger partial charge is 0.467 e. The minimum atomic E-state index is -1.32. The van der Waals surface area contributed by atoms with Crippen LogP contribution < -0.4 is 5.32 Å². The maximum Gasteiger partial charge on any atom is 0.336 e. The number of Topliss-reactive ketones (excluding diaryl/α,β-unsaturated/α-hetero) is 1. The van der Waals surface area contributed by atoms with Crippen molar-refractivity contribution < 1.29 is 23.9 Å². The summed E-state index contributed by atoms with van der Waals surface area (Å²) < 4.78 is 9.60. The fourth-order valence-corrected chi connectivity index (χ4v) is 1.41. The molecule has 6 nitrogen and oxygen atoms in total. The SMILES string of the molecule is COC(=O)C(NC=O)C(=O)COCc1ccccc1. The molecule has 19 heavy (non-hydrogen) atoms. The lowest BCUT2D eigenvalue weighted by molar-refractivity contribution is -0.148. The van der Waals surface area contributed by atoms with Crippen LogP contribution in [-0.4, -0.2) is 37.9 Å². The van der Waals surface area contributed by atoms with Crippen LogP contribution in [0, 0.1) is 0 Å². The average molecular weight is 265 g/mol. The Morgan fingerprint density at radius 1 is 1.32 bits per heavy atom. The molecule has 1 aromatic rings. The number of methoxy groups -OCH3 is 1. The van der Waals surface area contributed by atoms with Gasteiger partial charge >= 0.3 is 5.97 Å². The molecule has 0 bridgehead atoms. The number of esters is 1.